The zero-order valence-corrected chi connectivity index (χ0v) is 16.0. The summed E-state index contributed by atoms with van der Waals surface area (Å²) in [5.41, 5.74) is -0.978. The van der Waals surface area contributed by atoms with E-state index in [0.29, 0.717) is 24.0 Å². The van der Waals surface area contributed by atoms with E-state index < -0.39 is 35.3 Å². The molecule has 0 aliphatic heterocycles. The Bertz CT molecular complexity index is 581. The van der Waals surface area contributed by atoms with Crippen LogP contribution in [0.2, 0.25) is 0 Å². The minimum atomic E-state index is -1.15. The predicted molar refractivity (Wildman–Crippen MR) is 95.7 cm³/mol. The SMILES string of the molecule is C=C1CC[C@@H]2[C@@](C)([C@H](O)[C@@H]1O)[C@H](OC(=O)/C(C)=C\C)C[C@@]2(O)C(C)C. The molecular weight excluding hydrogens is 320 g/mol. The standard InChI is InChI=1S/C20H32O5/c1-7-12(4)18(23)25-15-10-20(24,11(2)3)14-9-8-13(5)16(21)17(22)19(14,15)6/h7,11,14-17,21-22,24H,5,8-10H2,1-4,6H3/b12-7-/t14-,15-,16-,17-,19-,20-/m1/s1. The topological polar surface area (TPSA) is 87.0 Å². The molecule has 0 amide bonds. The lowest BCUT2D eigenvalue weighted by atomic mass is 9.67. The fourth-order valence-electron chi connectivity index (χ4n) is 4.57. The number of aliphatic hydroxyl groups is 3. The molecule has 0 aromatic rings. The van der Waals surface area contributed by atoms with E-state index >= 15 is 0 Å². The maximum Gasteiger partial charge on any atom is 0.333 e. The summed E-state index contributed by atoms with van der Waals surface area (Å²) in [7, 11) is 0. The highest BCUT2D eigenvalue weighted by Crippen LogP contribution is 2.59. The van der Waals surface area contributed by atoms with Gasteiger partial charge in [0.2, 0.25) is 0 Å². The van der Waals surface area contributed by atoms with Gasteiger partial charge in [-0.2, -0.15) is 0 Å². The maximum atomic E-state index is 12.3. The van der Waals surface area contributed by atoms with Crippen molar-refractivity contribution in [2.75, 3.05) is 0 Å². The van der Waals surface area contributed by atoms with Crippen LogP contribution in [-0.4, -0.2) is 45.2 Å². The number of hydrogen-bond donors (Lipinski definition) is 3. The highest BCUT2D eigenvalue weighted by Gasteiger charge is 2.66. The fourth-order valence-corrected chi connectivity index (χ4v) is 4.57. The molecule has 0 radical (unpaired) electrons. The first-order chi connectivity index (χ1) is 11.5. The predicted octanol–water partition coefficient (Wildman–Crippen LogP) is 2.35. The second kappa shape index (κ2) is 6.86. The van der Waals surface area contributed by atoms with Gasteiger partial charge in [0.05, 0.1) is 11.7 Å². The number of esters is 1. The lowest BCUT2D eigenvalue weighted by molar-refractivity contribution is -0.162. The van der Waals surface area contributed by atoms with Crippen LogP contribution in [0.4, 0.5) is 0 Å². The van der Waals surface area contributed by atoms with Gasteiger partial charge in [-0.1, -0.05) is 33.4 Å². The van der Waals surface area contributed by atoms with Crippen molar-refractivity contribution in [1.82, 2.24) is 0 Å². The third-order valence-corrected chi connectivity index (χ3v) is 6.67. The van der Waals surface area contributed by atoms with Gasteiger partial charge in [-0.15, -0.1) is 0 Å². The molecule has 0 saturated heterocycles. The van der Waals surface area contributed by atoms with Crippen molar-refractivity contribution in [2.24, 2.45) is 17.3 Å². The van der Waals surface area contributed by atoms with Gasteiger partial charge in [0, 0.05) is 17.4 Å². The van der Waals surface area contributed by atoms with Crippen LogP contribution in [-0.2, 0) is 9.53 Å². The van der Waals surface area contributed by atoms with Gasteiger partial charge in [0.25, 0.3) is 0 Å². The van der Waals surface area contributed by atoms with Gasteiger partial charge >= 0.3 is 5.97 Å². The van der Waals surface area contributed by atoms with E-state index in [1.54, 1.807) is 19.9 Å². The zero-order valence-electron chi connectivity index (χ0n) is 16.0. The molecule has 2 aliphatic rings. The summed E-state index contributed by atoms with van der Waals surface area (Å²) in [5.74, 6) is -0.822. The quantitative estimate of drug-likeness (QED) is 0.412. The molecule has 6 atom stereocenters. The van der Waals surface area contributed by atoms with E-state index in [0.717, 1.165) is 0 Å². The van der Waals surface area contributed by atoms with E-state index in [9.17, 15) is 20.1 Å². The third kappa shape index (κ3) is 3.07. The number of allylic oxidation sites excluding steroid dienone is 1. The molecule has 142 valence electrons. The molecule has 5 nitrogen and oxygen atoms in total. The number of carbonyl (C=O) groups is 1. The van der Waals surface area contributed by atoms with Crippen molar-refractivity contribution in [3.05, 3.63) is 23.8 Å². The number of fused-ring (bicyclic) bond motifs is 1. The Kier molecular flexibility index (Phi) is 5.53. The van der Waals surface area contributed by atoms with Gasteiger partial charge in [0.1, 0.15) is 12.2 Å². The molecule has 2 aliphatic carbocycles. The Morgan fingerprint density at radius 3 is 2.52 bits per heavy atom. The summed E-state index contributed by atoms with van der Waals surface area (Å²) in [4.78, 5) is 12.3. The van der Waals surface area contributed by atoms with Gasteiger partial charge in [-0.25, -0.2) is 4.79 Å². The van der Waals surface area contributed by atoms with Gasteiger partial charge < -0.3 is 20.1 Å². The number of aliphatic hydroxyl groups excluding tert-OH is 2. The Morgan fingerprint density at radius 2 is 2.00 bits per heavy atom. The molecule has 0 spiro atoms. The normalized spacial score (nSPS) is 42.3. The molecule has 2 fully saturated rings. The van der Waals surface area contributed by atoms with Crippen LogP contribution in [0.3, 0.4) is 0 Å². The van der Waals surface area contributed by atoms with Crippen molar-refractivity contribution >= 4 is 5.97 Å². The van der Waals surface area contributed by atoms with Gasteiger partial charge in [0.15, 0.2) is 0 Å². The Morgan fingerprint density at radius 1 is 1.40 bits per heavy atom. The average Bonchev–Trinajstić information content (AvgIpc) is 2.74. The first-order valence-electron chi connectivity index (χ1n) is 9.10. The van der Waals surface area contributed by atoms with Crippen molar-refractivity contribution in [1.29, 1.82) is 0 Å². The smallest absolute Gasteiger partial charge is 0.333 e. The second-order valence-electron chi connectivity index (χ2n) is 8.22. The van der Waals surface area contributed by atoms with Gasteiger partial charge in [-0.3, -0.25) is 0 Å². The largest absolute Gasteiger partial charge is 0.458 e. The molecule has 2 saturated carbocycles. The molecule has 3 N–H and O–H groups in total. The summed E-state index contributed by atoms with van der Waals surface area (Å²) in [6.07, 6.45) is 0.133. The Hall–Kier alpha value is -1.17. The van der Waals surface area contributed by atoms with E-state index in [1.165, 1.54) is 0 Å². The lowest BCUT2D eigenvalue weighted by Crippen LogP contribution is -2.52. The van der Waals surface area contributed by atoms with Crippen molar-refractivity contribution in [3.8, 4) is 0 Å². The van der Waals surface area contributed by atoms with Crippen molar-refractivity contribution in [2.45, 2.75) is 77.8 Å². The molecule has 0 aromatic heterocycles. The minimum Gasteiger partial charge on any atom is -0.458 e. The fraction of sp³-hybridized carbons (Fsp3) is 0.750. The molecule has 0 unspecified atom stereocenters. The molecule has 0 bridgehead atoms. The molecule has 0 heterocycles. The summed E-state index contributed by atoms with van der Waals surface area (Å²) >= 11 is 0. The molecule has 5 heteroatoms. The Balaban J connectivity index is 2.49. The van der Waals surface area contributed by atoms with E-state index in [4.69, 9.17) is 4.74 Å². The summed E-state index contributed by atoms with van der Waals surface area (Å²) in [6.45, 7) is 13.0. The molecule has 25 heavy (non-hydrogen) atoms. The van der Waals surface area contributed by atoms with Crippen LogP contribution in [0.5, 0.6) is 0 Å². The summed E-state index contributed by atoms with van der Waals surface area (Å²) < 4.78 is 5.72. The van der Waals surface area contributed by atoms with E-state index in [1.807, 2.05) is 20.8 Å². The summed E-state index contributed by atoms with van der Waals surface area (Å²) in [5, 5.41) is 32.8. The van der Waals surface area contributed by atoms with Gasteiger partial charge in [-0.05, 0) is 44.1 Å². The average molecular weight is 352 g/mol. The monoisotopic (exact) mass is 352 g/mol. The minimum absolute atomic E-state index is 0.0703. The van der Waals surface area contributed by atoms with Crippen LogP contribution in [0, 0.1) is 17.3 Å². The van der Waals surface area contributed by atoms with Crippen molar-refractivity contribution in [3.63, 3.8) is 0 Å². The Labute approximate surface area is 150 Å². The molecular formula is C20H32O5. The zero-order chi connectivity index (χ0) is 19.2. The molecule has 2 rings (SSSR count). The number of ether oxygens (including phenoxy) is 1. The first kappa shape index (κ1) is 20.1. The van der Waals surface area contributed by atoms with Crippen LogP contribution in [0.15, 0.2) is 23.8 Å². The van der Waals surface area contributed by atoms with Crippen LogP contribution < -0.4 is 0 Å². The third-order valence-electron chi connectivity index (χ3n) is 6.67. The summed E-state index contributed by atoms with van der Waals surface area (Å²) in [6, 6.07) is 0. The first-order valence-corrected chi connectivity index (χ1v) is 9.10. The van der Waals surface area contributed by atoms with Crippen LogP contribution in [0.1, 0.15) is 53.9 Å². The number of rotatable bonds is 3. The number of carbonyl (C=O) groups excluding carboxylic acids is 1. The number of hydrogen-bond acceptors (Lipinski definition) is 5. The van der Waals surface area contributed by atoms with E-state index in [2.05, 4.69) is 6.58 Å². The second-order valence-corrected chi connectivity index (χ2v) is 8.22. The highest BCUT2D eigenvalue weighted by atomic mass is 16.5. The highest BCUT2D eigenvalue weighted by molar-refractivity contribution is 5.87. The van der Waals surface area contributed by atoms with Crippen LogP contribution in [0.25, 0.3) is 0 Å². The maximum absolute atomic E-state index is 12.3. The molecule has 0 aromatic carbocycles. The lowest BCUT2D eigenvalue weighted by Gasteiger charge is -2.43. The van der Waals surface area contributed by atoms with E-state index in [-0.39, 0.29) is 18.3 Å². The van der Waals surface area contributed by atoms with Crippen molar-refractivity contribution < 1.29 is 24.9 Å². The van der Waals surface area contributed by atoms with Crippen LogP contribution >= 0.6 is 0 Å².